The van der Waals surface area contributed by atoms with Crippen molar-refractivity contribution in [1.29, 1.82) is 0 Å². The molecule has 0 amide bonds. The largest absolute Gasteiger partial charge is 0.478 e. The first-order valence-corrected chi connectivity index (χ1v) is 12.8. The summed E-state index contributed by atoms with van der Waals surface area (Å²) in [6, 6.07) is 0. The molecule has 32 heavy (non-hydrogen) atoms. The monoisotopic (exact) mass is 452 g/mol. The first kappa shape index (κ1) is 32.6. The van der Waals surface area contributed by atoms with E-state index in [0.717, 1.165) is 37.5 Å². The molecular formula is C28H52O4. The Labute approximate surface area is 198 Å². The first-order valence-electron chi connectivity index (χ1n) is 12.8. The Morgan fingerprint density at radius 3 is 1.66 bits per heavy atom. The number of esters is 1. The molecule has 0 fully saturated rings. The lowest BCUT2D eigenvalue weighted by molar-refractivity contribution is -0.139. The molecular weight excluding hydrogens is 400 g/mol. The number of hydrogen-bond acceptors (Lipinski definition) is 3. The Hall–Kier alpha value is -1.58. The van der Waals surface area contributed by atoms with Crippen molar-refractivity contribution in [2.75, 3.05) is 6.61 Å². The van der Waals surface area contributed by atoms with Gasteiger partial charge in [0, 0.05) is 11.1 Å². The summed E-state index contributed by atoms with van der Waals surface area (Å²) >= 11 is 0. The van der Waals surface area contributed by atoms with E-state index >= 15 is 0 Å². The van der Waals surface area contributed by atoms with Crippen LogP contribution in [0.1, 0.15) is 125 Å². The van der Waals surface area contributed by atoms with E-state index in [4.69, 9.17) is 9.84 Å². The minimum Gasteiger partial charge on any atom is -0.478 e. The normalized spacial score (nSPS) is 11.3. The van der Waals surface area contributed by atoms with Gasteiger partial charge in [-0.25, -0.2) is 9.59 Å². The number of unbranched alkanes of at least 4 members (excludes halogenated alkanes) is 9. The second-order valence-corrected chi connectivity index (χ2v) is 9.80. The second-order valence-electron chi connectivity index (χ2n) is 9.80. The van der Waals surface area contributed by atoms with Gasteiger partial charge in [0.25, 0.3) is 0 Å². The number of allylic oxidation sites excluding steroid dienone is 1. The Balaban J connectivity index is 0. The average molecular weight is 453 g/mol. The third-order valence-corrected chi connectivity index (χ3v) is 5.28. The fourth-order valence-corrected chi connectivity index (χ4v) is 3.11. The van der Waals surface area contributed by atoms with Crippen LogP contribution >= 0.6 is 0 Å². The van der Waals surface area contributed by atoms with Crippen LogP contribution in [0.3, 0.4) is 0 Å². The van der Waals surface area contributed by atoms with Crippen molar-refractivity contribution in [3.8, 4) is 0 Å². The fraction of sp³-hybridized carbons (Fsp3) is 0.786. The van der Waals surface area contributed by atoms with Gasteiger partial charge in [-0.2, -0.15) is 0 Å². The quantitative estimate of drug-likeness (QED) is 0.129. The maximum atomic E-state index is 11.0. The van der Waals surface area contributed by atoms with Gasteiger partial charge in [-0.15, -0.1) is 0 Å². The van der Waals surface area contributed by atoms with Gasteiger partial charge in [-0.3, -0.25) is 0 Å². The molecule has 1 N–H and O–H groups in total. The highest BCUT2D eigenvalue weighted by Gasteiger charge is 2.02. The lowest BCUT2D eigenvalue weighted by Crippen LogP contribution is -2.05. The number of carboxylic acids is 1. The zero-order valence-electron chi connectivity index (χ0n) is 22.0. The van der Waals surface area contributed by atoms with Crippen LogP contribution in [0.4, 0.5) is 0 Å². The van der Waals surface area contributed by atoms with E-state index in [-0.39, 0.29) is 5.97 Å². The number of carboxylic acid groups (broad SMARTS) is 1. The molecule has 4 heteroatoms. The van der Waals surface area contributed by atoms with Crippen LogP contribution in [0.2, 0.25) is 0 Å². The van der Waals surface area contributed by atoms with E-state index in [1.54, 1.807) is 13.8 Å². The van der Waals surface area contributed by atoms with Crippen LogP contribution in [0.15, 0.2) is 23.8 Å². The molecule has 4 nitrogen and oxygen atoms in total. The molecule has 0 aromatic heterocycles. The molecule has 0 radical (unpaired) electrons. The summed E-state index contributed by atoms with van der Waals surface area (Å²) in [6.45, 7) is 16.5. The van der Waals surface area contributed by atoms with Gasteiger partial charge in [-0.05, 0) is 44.9 Å². The zero-order chi connectivity index (χ0) is 24.8. The Morgan fingerprint density at radius 2 is 1.22 bits per heavy atom. The standard InChI is InChI=1S/2C14H26O2/c1-12(2)10-8-6-5-7-9-11-16-14(15)13(3)4;1-12(2)10-8-6-4-5-7-9-11-13(3)14(15)16/h12H,3,5-11H2,1-2,4H3;11-12H,4-10H2,1-3H3,(H,15,16). The smallest absolute Gasteiger partial charge is 0.333 e. The van der Waals surface area contributed by atoms with Gasteiger partial charge < -0.3 is 9.84 Å². The van der Waals surface area contributed by atoms with E-state index in [9.17, 15) is 9.59 Å². The molecule has 0 aliphatic heterocycles. The summed E-state index contributed by atoms with van der Waals surface area (Å²) < 4.78 is 5.01. The van der Waals surface area contributed by atoms with Crippen LogP contribution in [0.5, 0.6) is 0 Å². The highest BCUT2D eigenvalue weighted by Crippen LogP contribution is 2.12. The second kappa shape index (κ2) is 22.6. The third-order valence-electron chi connectivity index (χ3n) is 5.28. The minimum absolute atomic E-state index is 0.264. The van der Waals surface area contributed by atoms with E-state index in [2.05, 4.69) is 34.3 Å². The number of carbonyl (C=O) groups is 2. The van der Waals surface area contributed by atoms with Crippen molar-refractivity contribution in [3.63, 3.8) is 0 Å². The number of carbonyl (C=O) groups excluding carboxylic acids is 1. The van der Waals surface area contributed by atoms with Gasteiger partial charge in [0.05, 0.1) is 6.61 Å². The summed E-state index contributed by atoms with van der Waals surface area (Å²) in [5.41, 5.74) is 0.955. The summed E-state index contributed by atoms with van der Waals surface area (Å²) in [5.74, 6) is 0.578. The Morgan fingerprint density at radius 1 is 0.781 bits per heavy atom. The summed E-state index contributed by atoms with van der Waals surface area (Å²) in [7, 11) is 0. The molecule has 0 saturated carbocycles. The third kappa shape index (κ3) is 26.5. The summed E-state index contributed by atoms with van der Waals surface area (Å²) in [4.78, 5) is 21.5. The fourth-order valence-electron chi connectivity index (χ4n) is 3.11. The van der Waals surface area contributed by atoms with Crippen LogP contribution in [-0.4, -0.2) is 23.7 Å². The Kier molecular flexibility index (Phi) is 23.0. The number of aliphatic carboxylic acids is 1. The summed E-state index contributed by atoms with van der Waals surface area (Å²) in [6.07, 6.45) is 17.7. The molecule has 0 unspecified atom stereocenters. The molecule has 0 aliphatic rings. The highest BCUT2D eigenvalue weighted by atomic mass is 16.5. The lowest BCUT2D eigenvalue weighted by Gasteiger charge is -2.05. The number of ether oxygens (including phenoxy) is 1. The molecule has 0 atom stereocenters. The molecule has 0 saturated heterocycles. The highest BCUT2D eigenvalue weighted by molar-refractivity contribution is 5.86. The van der Waals surface area contributed by atoms with Gasteiger partial charge in [0.1, 0.15) is 0 Å². The van der Waals surface area contributed by atoms with Crippen LogP contribution in [0, 0.1) is 11.8 Å². The van der Waals surface area contributed by atoms with Gasteiger partial charge in [0.2, 0.25) is 0 Å². The van der Waals surface area contributed by atoms with Gasteiger partial charge in [-0.1, -0.05) is 105 Å². The Bertz CT molecular complexity index is 518. The lowest BCUT2D eigenvalue weighted by atomic mass is 10.0. The van der Waals surface area contributed by atoms with Crippen LogP contribution in [0.25, 0.3) is 0 Å². The predicted octanol–water partition coefficient (Wildman–Crippen LogP) is 8.51. The maximum absolute atomic E-state index is 11.0. The molecule has 0 aromatic rings. The first-order chi connectivity index (χ1) is 15.1. The minimum atomic E-state index is -0.795. The maximum Gasteiger partial charge on any atom is 0.333 e. The van der Waals surface area contributed by atoms with E-state index in [0.29, 0.717) is 17.8 Å². The molecule has 0 heterocycles. The van der Waals surface area contributed by atoms with Crippen molar-refractivity contribution in [2.24, 2.45) is 11.8 Å². The van der Waals surface area contributed by atoms with Crippen molar-refractivity contribution < 1.29 is 19.4 Å². The predicted molar refractivity (Wildman–Crippen MR) is 137 cm³/mol. The van der Waals surface area contributed by atoms with Crippen molar-refractivity contribution in [3.05, 3.63) is 23.8 Å². The number of rotatable bonds is 18. The van der Waals surface area contributed by atoms with Gasteiger partial charge in [0.15, 0.2) is 0 Å². The van der Waals surface area contributed by atoms with Crippen LogP contribution in [-0.2, 0) is 14.3 Å². The van der Waals surface area contributed by atoms with Gasteiger partial charge >= 0.3 is 11.9 Å². The van der Waals surface area contributed by atoms with Crippen molar-refractivity contribution in [1.82, 2.24) is 0 Å². The van der Waals surface area contributed by atoms with Crippen LogP contribution < -0.4 is 0 Å². The molecule has 0 aromatic carbocycles. The molecule has 0 spiro atoms. The van der Waals surface area contributed by atoms with Crippen molar-refractivity contribution >= 4 is 11.9 Å². The molecule has 0 rings (SSSR count). The molecule has 188 valence electrons. The van der Waals surface area contributed by atoms with E-state index < -0.39 is 5.97 Å². The zero-order valence-corrected chi connectivity index (χ0v) is 22.0. The van der Waals surface area contributed by atoms with Crippen molar-refractivity contribution in [2.45, 2.75) is 125 Å². The SMILES string of the molecule is C=C(C)C(=O)OCCCCCCCC(C)C.CC(=CCCCCCCCC(C)C)C(=O)O. The molecule has 0 aliphatic carbocycles. The number of hydrogen-bond donors (Lipinski definition) is 1. The topological polar surface area (TPSA) is 63.6 Å². The summed E-state index contributed by atoms with van der Waals surface area (Å²) in [5, 5.41) is 8.64. The molecule has 0 bridgehead atoms. The average Bonchev–Trinajstić information content (AvgIpc) is 2.71. The van der Waals surface area contributed by atoms with E-state index in [1.807, 2.05) is 6.08 Å². The van der Waals surface area contributed by atoms with E-state index in [1.165, 1.54) is 57.8 Å².